The Morgan fingerprint density at radius 2 is 1.87 bits per heavy atom. The summed E-state index contributed by atoms with van der Waals surface area (Å²) in [6.45, 7) is 0.406. The zero-order valence-corrected chi connectivity index (χ0v) is 17.2. The van der Waals surface area contributed by atoms with Crippen molar-refractivity contribution in [2.24, 2.45) is 10.2 Å². The van der Waals surface area contributed by atoms with Crippen LogP contribution in [0.4, 0.5) is 0 Å². The summed E-state index contributed by atoms with van der Waals surface area (Å²) in [6, 6.07) is 21.7. The normalized spacial score (nSPS) is 17.4. The number of rotatable bonds is 7. The number of carboxylic acids is 1. The van der Waals surface area contributed by atoms with E-state index in [0.717, 1.165) is 33.7 Å². The van der Waals surface area contributed by atoms with E-state index in [-0.39, 0.29) is 17.5 Å². The number of amides is 1. The number of amidine groups is 1. The number of thioether (sulfide) groups is 1. The largest absolute Gasteiger partial charge is 0.488 e. The predicted octanol–water partition coefficient (Wildman–Crippen LogP) is 3.82. The summed E-state index contributed by atoms with van der Waals surface area (Å²) in [5.74, 6) is -0.749. The van der Waals surface area contributed by atoms with Gasteiger partial charge in [-0.05, 0) is 28.5 Å². The molecule has 31 heavy (non-hydrogen) atoms. The molecule has 1 amide bonds. The molecule has 0 aromatic heterocycles. The van der Waals surface area contributed by atoms with Crippen LogP contribution in [-0.4, -0.2) is 33.6 Å². The summed E-state index contributed by atoms with van der Waals surface area (Å²) >= 11 is 1.06. The topological polar surface area (TPSA) is 100 Å². The second-order valence-electron chi connectivity index (χ2n) is 6.81. The zero-order valence-electron chi connectivity index (χ0n) is 16.4. The van der Waals surface area contributed by atoms with Gasteiger partial charge in [0.1, 0.15) is 17.6 Å². The second kappa shape index (κ2) is 9.44. The molecule has 1 saturated heterocycles. The molecule has 1 aliphatic heterocycles. The van der Waals surface area contributed by atoms with Gasteiger partial charge in [0.15, 0.2) is 5.17 Å². The molecule has 0 bridgehead atoms. The molecule has 0 radical (unpaired) electrons. The minimum absolute atomic E-state index is 0.260. The third kappa shape index (κ3) is 5.10. The van der Waals surface area contributed by atoms with Gasteiger partial charge in [-0.3, -0.25) is 9.59 Å². The molecule has 0 unspecified atom stereocenters. The van der Waals surface area contributed by atoms with Gasteiger partial charge in [-0.1, -0.05) is 66.4 Å². The molecule has 1 fully saturated rings. The van der Waals surface area contributed by atoms with Crippen LogP contribution in [0.15, 0.2) is 76.9 Å². The van der Waals surface area contributed by atoms with Gasteiger partial charge in [0, 0.05) is 5.56 Å². The first-order valence-corrected chi connectivity index (χ1v) is 10.5. The average Bonchev–Trinajstić information content (AvgIpc) is 3.11. The molecule has 7 nitrogen and oxygen atoms in total. The van der Waals surface area contributed by atoms with E-state index in [1.54, 1.807) is 6.21 Å². The molecule has 0 spiro atoms. The predicted molar refractivity (Wildman–Crippen MR) is 122 cm³/mol. The fourth-order valence-electron chi connectivity index (χ4n) is 3.18. The summed E-state index contributed by atoms with van der Waals surface area (Å²) in [4.78, 5) is 22.6. The van der Waals surface area contributed by atoms with Gasteiger partial charge in [0.05, 0.1) is 12.6 Å². The van der Waals surface area contributed by atoms with E-state index in [2.05, 4.69) is 33.7 Å². The van der Waals surface area contributed by atoms with E-state index in [9.17, 15) is 9.59 Å². The Morgan fingerprint density at radius 3 is 2.74 bits per heavy atom. The standard InChI is InChI=1S/C23H19N3O4S/c27-21(28)12-20-22(29)25-23(31-20)26-24-13-16-7-2-4-11-19(16)30-14-17-9-5-8-15-6-1-3-10-18(15)17/h1-11,13,20H,12,14H2,(H,27,28)(H,25,26,29)/b24-13-/t20-/m1/s1. The van der Waals surface area contributed by atoms with E-state index in [1.807, 2.05) is 48.5 Å². The van der Waals surface area contributed by atoms with Crippen LogP contribution < -0.4 is 10.1 Å². The number of nitrogens with zero attached hydrogens (tertiary/aromatic N) is 2. The van der Waals surface area contributed by atoms with Gasteiger partial charge >= 0.3 is 5.97 Å². The quantitative estimate of drug-likeness (QED) is 0.436. The number of carbonyl (C=O) groups is 2. The first-order chi connectivity index (χ1) is 15.1. The number of hydrogen-bond acceptors (Lipinski definition) is 6. The number of fused-ring (bicyclic) bond motifs is 1. The van der Waals surface area contributed by atoms with Gasteiger partial charge in [0.2, 0.25) is 5.91 Å². The number of carbonyl (C=O) groups excluding carboxylic acids is 1. The zero-order chi connectivity index (χ0) is 21.6. The van der Waals surface area contributed by atoms with Gasteiger partial charge in [-0.15, -0.1) is 5.10 Å². The number of nitrogens with one attached hydrogen (secondary N) is 1. The van der Waals surface area contributed by atoms with Crippen LogP contribution >= 0.6 is 11.8 Å². The Morgan fingerprint density at radius 1 is 1.10 bits per heavy atom. The highest BCUT2D eigenvalue weighted by atomic mass is 32.2. The van der Waals surface area contributed by atoms with Crippen molar-refractivity contribution in [2.45, 2.75) is 18.3 Å². The van der Waals surface area contributed by atoms with E-state index >= 15 is 0 Å². The van der Waals surface area contributed by atoms with Gasteiger partial charge in [-0.25, -0.2) is 0 Å². The van der Waals surface area contributed by atoms with Crippen LogP contribution in [0.2, 0.25) is 0 Å². The molecule has 0 aliphatic carbocycles. The molecule has 4 rings (SSSR count). The van der Waals surface area contributed by atoms with E-state index in [0.29, 0.717) is 12.4 Å². The summed E-state index contributed by atoms with van der Waals surface area (Å²) in [7, 11) is 0. The molecule has 1 heterocycles. The van der Waals surface area contributed by atoms with Crippen molar-refractivity contribution >= 4 is 45.8 Å². The first kappa shape index (κ1) is 20.6. The third-order valence-corrected chi connectivity index (χ3v) is 5.74. The highest BCUT2D eigenvalue weighted by molar-refractivity contribution is 8.15. The van der Waals surface area contributed by atoms with E-state index in [4.69, 9.17) is 9.84 Å². The molecule has 1 atom stereocenters. The Balaban J connectivity index is 1.45. The van der Waals surface area contributed by atoms with Crippen LogP contribution in [-0.2, 0) is 16.2 Å². The van der Waals surface area contributed by atoms with Crippen molar-refractivity contribution in [3.63, 3.8) is 0 Å². The number of para-hydroxylation sites is 1. The molecule has 0 saturated carbocycles. The first-order valence-electron chi connectivity index (χ1n) is 9.59. The highest BCUT2D eigenvalue weighted by Gasteiger charge is 2.32. The Hall–Kier alpha value is -3.65. The summed E-state index contributed by atoms with van der Waals surface area (Å²) in [5.41, 5.74) is 1.82. The van der Waals surface area contributed by atoms with Crippen molar-refractivity contribution < 1.29 is 19.4 Å². The Bertz CT molecular complexity index is 1190. The van der Waals surface area contributed by atoms with Crippen LogP contribution in [0, 0.1) is 0 Å². The molecular formula is C23H19N3O4S. The van der Waals surface area contributed by atoms with Crippen LogP contribution in [0.3, 0.4) is 0 Å². The molecular weight excluding hydrogens is 414 g/mol. The maximum Gasteiger partial charge on any atom is 0.305 e. The minimum Gasteiger partial charge on any atom is -0.488 e. The van der Waals surface area contributed by atoms with E-state index in [1.165, 1.54) is 0 Å². The van der Waals surface area contributed by atoms with Gasteiger partial charge in [0.25, 0.3) is 0 Å². The van der Waals surface area contributed by atoms with Crippen molar-refractivity contribution in [1.82, 2.24) is 5.32 Å². The third-order valence-electron chi connectivity index (χ3n) is 4.66. The monoisotopic (exact) mass is 433 g/mol. The second-order valence-corrected chi connectivity index (χ2v) is 8.00. The van der Waals surface area contributed by atoms with Gasteiger partial charge in [-0.2, -0.15) is 5.10 Å². The molecule has 8 heteroatoms. The molecule has 156 valence electrons. The van der Waals surface area contributed by atoms with Gasteiger partial charge < -0.3 is 15.2 Å². The lowest BCUT2D eigenvalue weighted by atomic mass is 10.1. The van der Waals surface area contributed by atoms with Crippen molar-refractivity contribution in [3.8, 4) is 5.75 Å². The number of carboxylic acid groups (broad SMARTS) is 1. The fourth-order valence-corrected chi connectivity index (χ4v) is 4.10. The summed E-state index contributed by atoms with van der Waals surface area (Å²) in [6.07, 6.45) is 1.28. The lowest BCUT2D eigenvalue weighted by Crippen LogP contribution is -2.26. The Labute approximate surface area is 182 Å². The fraction of sp³-hybridized carbons (Fsp3) is 0.130. The number of ether oxygens (including phenoxy) is 1. The lowest BCUT2D eigenvalue weighted by Gasteiger charge is -2.11. The molecule has 3 aromatic rings. The SMILES string of the molecule is O=C(O)C[C@H]1S/C(=N\N=C/c2ccccc2OCc2cccc3ccccc23)NC1=O. The maximum absolute atomic E-state index is 11.8. The number of aliphatic carboxylic acids is 1. The summed E-state index contributed by atoms with van der Waals surface area (Å²) in [5, 5.41) is 21.3. The van der Waals surface area contributed by atoms with E-state index < -0.39 is 11.2 Å². The summed E-state index contributed by atoms with van der Waals surface area (Å²) < 4.78 is 6.05. The van der Waals surface area contributed by atoms with Crippen LogP contribution in [0.25, 0.3) is 10.8 Å². The lowest BCUT2D eigenvalue weighted by molar-refractivity contribution is -0.138. The van der Waals surface area contributed by atoms with Crippen LogP contribution in [0.1, 0.15) is 17.5 Å². The number of hydrogen-bond donors (Lipinski definition) is 2. The average molecular weight is 433 g/mol. The Kier molecular flexibility index (Phi) is 6.28. The molecule has 3 aromatic carbocycles. The minimum atomic E-state index is -1.03. The van der Waals surface area contributed by atoms with Crippen molar-refractivity contribution in [2.75, 3.05) is 0 Å². The van der Waals surface area contributed by atoms with Crippen molar-refractivity contribution in [1.29, 1.82) is 0 Å². The number of benzene rings is 3. The highest BCUT2D eigenvalue weighted by Crippen LogP contribution is 2.24. The van der Waals surface area contributed by atoms with Crippen LogP contribution in [0.5, 0.6) is 5.75 Å². The molecule has 1 aliphatic rings. The maximum atomic E-state index is 11.8. The molecule has 2 N–H and O–H groups in total. The smallest absolute Gasteiger partial charge is 0.305 e. The van der Waals surface area contributed by atoms with Crippen molar-refractivity contribution in [3.05, 3.63) is 77.9 Å².